The van der Waals surface area contributed by atoms with Gasteiger partial charge in [-0.3, -0.25) is 14.5 Å². The summed E-state index contributed by atoms with van der Waals surface area (Å²) >= 11 is 1.76. The van der Waals surface area contributed by atoms with E-state index < -0.39 is 0 Å². The van der Waals surface area contributed by atoms with Crippen LogP contribution in [0.3, 0.4) is 0 Å². The van der Waals surface area contributed by atoms with Gasteiger partial charge < -0.3 is 10.6 Å². The molecular weight excluding hydrogens is 372 g/mol. The molecule has 2 amide bonds. The third-order valence-corrected chi connectivity index (χ3v) is 6.93. The minimum absolute atomic E-state index is 0.0421. The molecule has 150 valence electrons. The van der Waals surface area contributed by atoms with Crippen LogP contribution in [0.2, 0.25) is 0 Å². The number of carbonyl (C=O) groups excluding carboxylic acids is 2. The first-order valence-electron chi connectivity index (χ1n) is 10.2. The van der Waals surface area contributed by atoms with Gasteiger partial charge in [-0.15, -0.1) is 11.3 Å². The van der Waals surface area contributed by atoms with E-state index in [0.717, 1.165) is 25.3 Å². The van der Waals surface area contributed by atoms with Crippen molar-refractivity contribution in [1.82, 2.24) is 15.5 Å². The molecule has 28 heavy (non-hydrogen) atoms. The number of amides is 2. The van der Waals surface area contributed by atoms with Gasteiger partial charge in [0.15, 0.2) is 5.96 Å². The summed E-state index contributed by atoms with van der Waals surface area (Å²) in [6, 6.07) is 4.22. The topological polar surface area (TPSA) is 73.8 Å². The van der Waals surface area contributed by atoms with Crippen LogP contribution in [0, 0.1) is 30.6 Å². The Hall–Kier alpha value is -2.15. The van der Waals surface area contributed by atoms with Gasteiger partial charge in [0.25, 0.3) is 0 Å². The standard InChI is InChI=1S/C21H28N4O2S/c1-3-22-21(24-12-16-8-5-13(2)28-16)23-9-4-10-25-19(26)17-14-6-7-15(11-14)18(17)20(25)27/h5-8,14-15,17-18H,3-4,9-12H2,1-2H3,(H2,22,23,24). The Morgan fingerprint density at radius 1 is 1.18 bits per heavy atom. The van der Waals surface area contributed by atoms with E-state index in [2.05, 4.69) is 46.8 Å². The van der Waals surface area contributed by atoms with Crippen molar-refractivity contribution >= 4 is 29.1 Å². The fraction of sp³-hybridized carbons (Fsp3) is 0.571. The van der Waals surface area contributed by atoms with Crippen LogP contribution in [0.1, 0.15) is 29.5 Å². The minimum atomic E-state index is -0.0939. The number of carbonyl (C=O) groups is 2. The average Bonchev–Trinajstić information content (AvgIpc) is 3.43. The molecule has 4 rings (SSSR count). The van der Waals surface area contributed by atoms with Gasteiger partial charge in [0.2, 0.25) is 11.8 Å². The van der Waals surface area contributed by atoms with Gasteiger partial charge in [0.1, 0.15) is 0 Å². The number of fused-ring (bicyclic) bond motifs is 5. The molecule has 2 heterocycles. The highest BCUT2D eigenvalue weighted by Crippen LogP contribution is 2.52. The number of hydrogen-bond acceptors (Lipinski definition) is 4. The van der Waals surface area contributed by atoms with Crippen molar-refractivity contribution in [2.45, 2.75) is 33.2 Å². The SMILES string of the molecule is CCNC(=NCc1ccc(C)s1)NCCCN1C(=O)C2C3C=CC(C3)C2C1=O. The maximum Gasteiger partial charge on any atom is 0.233 e. The Morgan fingerprint density at radius 2 is 1.89 bits per heavy atom. The Balaban J connectivity index is 1.26. The van der Waals surface area contributed by atoms with Crippen molar-refractivity contribution in [2.75, 3.05) is 19.6 Å². The number of guanidine groups is 1. The lowest BCUT2D eigenvalue weighted by Crippen LogP contribution is -2.40. The number of imide groups is 1. The molecule has 0 radical (unpaired) electrons. The summed E-state index contributed by atoms with van der Waals surface area (Å²) in [6.07, 6.45) is 5.98. The first kappa shape index (κ1) is 19.2. The van der Waals surface area contributed by atoms with Crippen molar-refractivity contribution in [3.63, 3.8) is 0 Å². The molecule has 6 nitrogen and oxygen atoms in total. The van der Waals surface area contributed by atoms with Crippen molar-refractivity contribution in [3.05, 3.63) is 34.0 Å². The molecule has 7 heteroatoms. The van der Waals surface area contributed by atoms with E-state index in [0.29, 0.717) is 19.6 Å². The van der Waals surface area contributed by atoms with Gasteiger partial charge in [-0.2, -0.15) is 0 Å². The maximum atomic E-state index is 12.7. The molecule has 4 unspecified atom stereocenters. The second kappa shape index (κ2) is 8.07. The van der Waals surface area contributed by atoms with E-state index in [1.54, 1.807) is 11.3 Å². The second-order valence-electron chi connectivity index (χ2n) is 7.82. The summed E-state index contributed by atoms with van der Waals surface area (Å²) in [5.41, 5.74) is 0. The van der Waals surface area contributed by atoms with E-state index >= 15 is 0 Å². The molecule has 1 aliphatic heterocycles. The smallest absolute Gasteiger partial charge is 0.233 e. The highest BCUT2D eigenvalue weighted by atomic mass is 32.1. The Morgan fingerprint density at radius 3 is 2.50 bits per heavy atom. The monoisotopic (exact) mass is 400 g/mol. The van der Waals surface area contributed by atoms with Gasteiger partial charge in [0, 0.05) is 29.4 Å². The Labute approximate surface area is 170 Å². The molecule has 0 spiro atoms. The fourth-order valence-electron chi connectivity index (χ4n) is 4.70. The van der Waals surface area contributed by atoms with Crippen LogP contribution in [-0.4, -0.2) is 42.3 Å². The summed E-state index contributed by atoms with van der Waals surface area (Å²) in [5, 5.41) is 6.56. The molecule has 2 aliphatic carbocycles. The average molecular weight is 401 g/mol. The van der Waals surface area contributed by atoms with E-state index in [1.807, 2.05) is 6.92 Å². The number of nitrogens with one attached hydrogen (secondary N) is 2. The predicted molar refractivity (Wildman–Crippen MR) is 111 cm³/mol. The third kappa shape index (κ3) is 3.60. The van der Waals surface area contributed by atoms with Crippen molar-refractivity contribution in [3.8, 4) is 0 Å². The number of thiophene rings is 1. The fourth-order valence-corrected chi connectivity index (χ4v) is 5.51. The van der Waals surface area contributed by atoms with Gasteiger partial charge in [-0.05, 0) is 50.7 Å². The van der Waals surface area contributed by atoms with E-state index in [1.165, 1.54) is 14.7 Å². The van der Waals surface area contributed by atoms with Crippen molar-refractivity contribution < 1.29 is 9.59 Å². The lowest BCUT2D eigenvalue weighted by atomic mass is 9.85. The molecule has 3 aliphatic rings. The highest BCUT2D eigenvalue weighted by Gasteiger charge is 2.58. The largest absolute Gasteiger partial charge is 0.357 e. The van der Waals surface area contributed by atoms with Gasteiger partial charge in [0.05, 0.1) is 18.4 Å². The Bertz CT molecular complexity index is 785. The van der Waals surface area contributed by atoms with Crippen LogP contribution in [0.5, 0.6) is 0 Å². The number of nitrogens with zero attached hydrogens (tertiary/aromatic N) is 2. The second-order valence-corrected chi connectivity index (χ2v) is 9.19. The molecule has 1 saturated carbocycles. The molecule has 1 aromatic heterocycles. The number of allylic oxidation sites excluding steroid dienone is 2. The van der Waals surface area contributed by atoms with Crippen LogP contribution in [0.4, 0.5) is 0 Å². The molecule has 2 fully saturated rings. The first-order chi connectivity index (χ1) is 13.6. The molecule has 1 saturated heterocycles. The first-order valence-corrected chi connectivity index (χ1v) is 11.0. The number of likely N-dealkylation sites (tertiary alicyclic amines) is 1. The lowest BCUT2D eigenvalue weighted by Gasteiger charge is -2.18. The van der Waals surface area contributed by atoms with Crippen LogP contribution < -0.4 is 10.6 Å². The molecule has 0 aromatic carbocycles. The molecule has 2 bridgehead atoms. The molecular formula is C21H28N4O2S. The molecule has 1 aromatic rings. The van der Waals surface area contributed by atoms with E-state index in [4.69, 9.17) is 0 Å². The predicted octanol–water partition coefficient (Wildman–Crippen LogP) is 2.31. The van der Waals surface area contributed by atoms with Crippen LogP contribution in [-0.2, 0) is 16.1 Å². The lowest BCUT2D eigenvalue weighted by molar-refractivity contribution is -0.140. The zero-order valence-corrected chi connectivity index (χ0v) is 17.3. The highest BCUT2D eigenvalue weighted by molar-refractivity contribution is 7.11. The number of rotatable bonds is 7. The van der Waals surface area contributed by atoms with Crippen LogP contribution in [0.25, 0.3) is 0 Å². The number of aliphatic imine (C=N–C) groups is 1. The third-order valence-electron chi connectivity index (χ3n) is 5.95. The molecule has 2 N–H and O–H groups in total. The summed E-state index contributed by atoms with van der Waals surface area (Å²) in [4.78, 5) is 34.0. The van der Waals surface area contributed by atoms with Gasteiger partial charge in [-0.25, -0.2) is 4.99 Å². The van der Waals surface area contributed by atoms with E-state index in [-0.39, 0.29) is 35.5 Å². The number of hydrogen-bond donors (Lipinski definition) is 2. The summed E-state index contributed by atoms with van der Waals surface area (Å²) in [5.74, 6) is 1.23. The summed E-state index contributed by atoms with van der Waals surface area (Å²) in [6.45, 7) is 6.73. The van der Waals surface area contributed by atoms with Crippen LogP contribution >= 0.6 is 11.3 Å². The van der Waals surface area contributed by atoms with Crippen molar-refractivity contribution in [1.29, 1.82) is 0 Å². The summed E-state index contributed by atoms with van der Waals surface area (Å²) < 4.78 is 0. The minimum Gasteiger partial charge on any atom is -0.357 e. The quantitative estimate of drug-likeness (QED) is 0.242. The maximum absolute atomic E-state index is 12.7. The van der Waals surface area contributed by atoms with Gasteiger partial charge in [-0.1, -0.05) is 12.2 Å². The number of aryl methyl sites for hydroxylation is 1. The zero-order valence-electron chi connectivity index (χ0n) is 16.5. The van der Waals surface area contributed by atoms with Crippen LogP contribution in [0.15, 0.2) is 29.3 Å². The zero-order chi connectivity index (χ0) is 19.7. The van der Waals surface area contributed by atoms with E-state index in [9.17, 15) is 9.59 Å². The van der Waals surface area contributed by atoms with Gasteiger partial charge >= 0.3 is 0 Å². The van der Waals surface area contributed by atoms with Crippen molar-refractivity contribution in [2.24, 2.45) is 28.7 Å². The Kier molecular flexibility index (Phi) is 5.53. The normalized spacial score (nSPS) is 28.4. The summed E-state index contributed by atoms with van der Waals surface area (Å²) in [7, 11) is 0. The molecule has 4 atom stereocenters.